The predicted molar refractivity (Wildman–Crippen MR) is 88.0 cm³/mol. The van der Waals surface area contributed by atoms with Crippen LogP contribution < -0.4 is 0 Å². The van der Waals surface area contributed by atoms with E-state index >= 15 is 0 Å². The molecule has 1 aromatic rings. The topological polar surface area (TPSA) is 71.7 Å². The molecule has 3 heterocycles. The molecule has 24 heavy (non-hydrogen) atoms. The molecule has 0 aliphatic carbocycles. The molecule has 0 unspecified atom stereocenters. The molecule has 1 aromatic heterocycles. The van der Waals surface area contributed by atoms with Gasteiger partial charge in [-0.3, -0.25) is 9.69 Å². The lowest BCUT2D eigenvalue weighted by Gasteiger charge is -2.26. The smallest absolute Gasteiger partial charge is 0.252 e. The van der Waals surface area contributed by atoms with E-state index in [1.165, 1.54) is 0 Å². The molecule has 0 bridgehead atoms. The number of hydrogen-bond donors (Lipinski definition) is 0. The summed E-state index contributed by atoms with van der Waals surface area (Å²) in [6.45, 7) is 4.81. The summed E-state index contributed by atoms with van der Waals surface area (Å²) in [5, 5.41) is 3.96. The summed E-state index contributed by atoms with van der Waals surface area (Å²) in [4.78, 5) is 21.1. The van der Waals surface area contributed by atoms with E-state index in [0.29, 0.717) is 18.5 Å². The van der Waals surface area contributed by atoms with Crippen molar-refractivity contribution in [2.75, 3.05) is 26.7 Å². The summed E-state index contributed by atoms with van der Waals surface area (Å²) >= 11 is 0. The van der Waals surface area contributed by atoms with Crippen molar-refractivity contribution in [1.82, 2.24) is 19.9 Å². The highest BCUT2D eigenvalue weighted by Gasteiger charge is 2.26. The minimum Gasteiger partial charge on any atom is -0.501 e. The lowest BCUT2D eigenvalue weighted by Crippen LogP contribution is -2.36. The average Bonchev–Trinajstić information content (AvgIpc) is 2.86. The van der Waals surface area contributed by atoms with E-state index in [4.69, 9.17) is 9.26 Å². The number of aryl methyl sites for hydroxylation is 1. The van der Waals surface area contributed by atoms with Gasteiger partial charge in [-0.1, -0.05) is 5.16 Å². The van der Waals surface area contributed by atoms with Crippen molar-refractivity contribution in [3.8, 4) is 0 Å². The first-order chi connectivity index (χ1) is 11.6. The monoisotopic (exact) mass is 334 g/mol. The molecule has 0 radical (unpaired) electrons. The third-order valence-electron chi connectivity index (χ3n) is 4.78. The fraction of sp³-hybridized carbons (Fsp3) is 0.706. The summed E-state index contributed by atoms with van der Waals surface area (Å²) in [5.74, 6) is 1.46. The Morgan fingerprint density at radius 1 is 1.38 bits per heavy atom. The van der Waals surface area contributed by atoms with E-state index in [9.17, 15) is 4.79 Å². The maximum absolute atomic E-state index is 12.6. The molecule has 0 spiro atoms. The molecule has 2 aliphatic rings. The van der Waals surface area contributed by atoms with Gasteiger partial charge in [0, 0.05) is 26.1 Å². The molecule has 1 amide bonds. The summed E-state index contributed by atoms with van der Waals surface area (Å²) in [7, 11) is 2.09. The Balaban J connectivity index is 1.54. The Morgan fingerprint density at radius 3 is 2.96 bits per heavy atom. The molecule has 7 nitrogen and oxygen atoms in total. The van der Waals surface area contributed by atoms with Gasteiger partial charge in [0.1, 0.15) is 0 Å². The molecular weight excluding hydrogens is 308 g/mol. The van der Waals surface area contributed by atoms with Crippen LogP contribution >= 0.6 is 0 Å². The Labute approximate surface area is 142 Å². The number of aromatic nitrogens is 2. The van der Waals surface area contributed by atoms with Gasteiger partial charge in [-0.25, -0.2) is 0 Å². The lowest BCUT2D eigenvalue weighted by atomic mass is 10.1. The van der Waals surface area contributed by atoms with Gasteiger partial charge < -0.3 is 14.2 Å². The lowest BCUT2D eigenvalue weighted by molar-refractivity contribution is -0.127. The van der Waals surface area contributed by atoms with Crippen molar-refractivity contribution in [2.24, 2.45) is 0 Å². The minimum atomic E-state index is 0.145. The van der Waals surface area contributed by atoms with Crippen LogP contribution in [-0.2, 0) is 16.1 Å². The summed E-state index contributed by atoms with van der Waals surface area (Å²) in [6, 6.07) is 0.429. The van der Waals surface area contributed by atoms with E-state index in [0.717, 1.165) is 63.2 Å². The molecule has 2 aliphatic heterocycles. The van der Waals surface area contributed by atoms with Crippen LogP contribution in [0.2, 0.25) is 0 Å². The maximum Gasteiger partial charge on any atom is 0.252 e. The van der Waals surface area contributed by atoms with Crippen LogP contribution in [0.1, 0.15) is 43.8 Å². The van der Waals surface area contributed by atoms with Crippen molar-refractivity contribution in [3.63, 3.8) is 0 Å². The van der Waals surface area contributed by atoms with Gasteiger partial charge in [0.2, 0.25) is 5.89 Å². The van der Waals surface area contributed by atoms with Crippen LogP contribution in [0.3, 0.4) is 0 Å². The molecule has 0 N–H and O–H groups in total. The van der Waals surface area contributed by atoms with Crippen molar-refractivity contribution >= 4 is 5.91 Å². The predicted octanol–water partition coefficient (Wildman–Crippen LogP) is 1.89. The number of likely N-dealkylation sites (tertiary alicyclic amines) is 1. The van der Waals surface area contributed by atoms with E-state index in [1.807, 2.05) is 4.90 Å². The number of nitrogens with zero attached hydrogens (tertiary/aromatic N) is 4. The van der Waals surface area contributed by atoms with Gasteiger partial charge in [0.25, 0.3) is 5.91 Å². The number of hydrogen-bond acceptors (Lipinski definition) is 6. The van der Waals surface area contributed by atoms with Crippen LogP contribution in [0.4, 0.5) is 0 Å². The van der Waals surface area contributed by atoms with Gasteiger partial charge >= 0.3 is 0 Å². The first-order valence-corrected chi connectivity index (χ1v) is 8.73. The Hall–Kier alpha value is -1.89. The van der Waals surface area contributed by atoms with Crippen LogP contribution in [-0.4, -0.2) is 58.6 Å². The van der Waals surface area contributed by atoms with E-state index in [-0.39, 0.29) is 5.91 Å². The number of carbonyl (C=O) groups is 1. The number of carbonyl (C=O) groups excluding carboxylic acids is 1. The number of ether oxygens (including phenoxy) is 1. The van der Waals surface area contributed by atoms with Crippen molar-refractivity contribution in [3.05, 3.63) is 23.6 Å². The fourth-order valence-corrected chi connectivity index (χ4v) is 3.41. The molecule has 7 heteroatoms. The van der Waals surface area contributed by atoms with Crippen LogP contribution in [0, 0.1) is 6.92 Å². The normalized spacial score (nSPS) is 22.0. The molecule has 1 fully saturated rings. The molecular formula is C17H26N4O3. The summed E-state index contributed by atoms with van der Waals surface area (Å²) < 4.78 is 10.3. The highest BCUT2D eigenvalue weighted by Crippen LogP contribution is 2.21. The second-order valence-electron chi connectivity index (χ2n) is 6.64. The first kappa shape index (κ1) is 17.0. The van der Waals surface area contributed by atoms with Gasteiger partial charge in [-0.15, -0.1) is 0 Å². The maximum atomic E-state index is 12.6. The zero-order valence-corrected chi connectivity index (χ0v) is 14.5. The number of rotatable bonds is 4. The van der Waals surface area contributed by atoms with Crippen LogP contribution in [0.5, 0.6) is 0 Å². The minimum absolute atomic E-state index is 0.145. The van der Waals surface area contributed by atoms with E-state index in [2.05, 4.69) is 22.1 Å². The molecule has 1 saturated heterocycles. The third-order valence-corrected chi connectivity index (χ3v) is 4.78. The standard InChI is InChI=1S/C17H26N4O3/c1-13-18-16(19-24-13)11-20(2)15-6-3-8-21(9-7-15)17(22)14-5-4-10-23-12-14/h12,15H,3-11H2,1-2H3/t15-/m0/s1. The van der Waals surface area contributed by atoms with Crippen molar-refractivity contribution < 1.29 is 14.1 Å². The van der Waals surface area contributed by atoms with Gasteiger partial charge in [-0.05, 0) is 39.2 Å². The first-order valence-electron chi connectivity index (χ1n) is 8.73. The third kappa shape index (κ3) is 4.14. The molecule has 132 valence electrons. The SMILES string of the molecule is Cc1nc(CN(C)[C@H]2CCCN(C(=O)C3=COCCC3)CC2)no1. The number of amides is 1. The van der Waals surface area contributed by atoms with Gasteiger partial charge in [0.15, 0.2) is 5.82 Å². The Kier molecular flexibility index (Phi) is 5.50. The van der Waals surface area contributed by atoms with E-state index in [1.54, 1.807) is 13.2 Å². The zero-order valence-electron chi connectivity index (χ0n) is 14.5. The summed E-state index contributed by atoms with van der Waals surface area (Å²) in [6.07, 6.45) is 6.47. The second-order valence-corrected chi connectivity index (χ2v) is 6.64. The molecule has 0 saturated carbocycles. The van der Waals surface area contributed by atoms with Crippen molar-refractivity contribution in [1.29, 1.82) is 0 Å². The van der Waals surface area contributed by atoms with Crippen LogP contribution in [0.25, 0.3) is 0 Å². The summed E-state index contributed by atoms with van der Waals surface area (Å²) in [5.41, 5.74) is 0.815. The quantitative estimate of drug-likeness (QED) is 0.837. The molecule has 0 aromatic carbocycles. The van der Waals surface area contributed by atoms with E-state index < -0.39 is 0 Å². The average molecular weight is 334 g/mol. The van der Waals surface area contributed by atoms with Crippen LogP contribution in [0.15, 0.2) is 16.4 Å². The molecule has 1 atom stereocenters. The second kappa shape index (κ2) is 7.79. The Bertz CT molecular complexity index is 598. The zero-order chi connectivity index (χ0) is 16.9. The van der Waals surface area contributed by atoms with Crippen molar-refractivity contribution in [2.45, 2.75) is 51.6 Å². The highest BCUT2D eigenvalue weighted by molar-refractivity contribution is 5.93. The Morgan fingerprint density at radius 2 is 2.25 bits per heavy atom. The largest absolute Gasteiger partial charge is 0.501 e. The van der Waals surface area contributed by atoms with Gasteiger partial charge in [-0.2, -0.15) is 4.98 Å². The molecule has 3 rings (SSSR count). The highest BCUT2D eigenvalue weighted by atomic mass is 16.5. The van der Waals surface area contributed by atoms with Gasteiger partial charge in [0.05, 0.1) is 25.0 Å². The fourth-order valence-electron chi connectivity index (χ4n) is 3.41.